The highest BCUT2D eigenvalue weighted by Crippen LogP contribution is 2.40. The average Bonchev–Trinajstić information content (AvgIpc) is 3.63. The van der Waals surface area contributed by atoms with Crippen LogP contribution in [-0.2, 0) is 0 Å². The average molecular weight is 677 g/mol. The maximum absolute atomic E-state index is 6.56. The summed E-state index contributed by atoms with van der Waals surface area (Å²) in [7, 11) is 0. The predicted molar refractivity (Wildman–Crippen MR) is 219 cm³/mol. The topological polar surface area (TPSA) is 38.9 Å². The first-order chi connectivity index (χ1) is 26.2. The molecular formula is C50H32N2O. The standard InChI is InChI=1S/C50H32N2O/c1-3-12-33(13-4-1)35-22-25-37(26-23-35)50-51-46(36-15-5-2-6-16-36)32-47(52-50)42-30-40(39-27-24-34-14-7-8-17-38(34)28-39)29-41(31-42)43-19-11-20-45-44-18-9-10-21-48(44)53-49(43)45/h1-32H. The molecule has 0 atom stereocenters. The number of aromatic nitrogens is 2. The molecule has 0 saturated heterocycles. The number of para-hydroxylation sites is 2. The van der Waals surface area contributed by atoms with Crippen molar-refractivity contribution in [3.05, 3.63) is 194 Å². The van der Waals surface area contributed by atoms with Crippen molar-refractivity contribution >= 4 is 32.7 Å². The number of rotatable bonds is 6. The van der Waals surface area contributed by atoms with Crippen LogP contribution in [0, 0.1) is 0 Å². The van der Waals surface area contributed by atoms with E-state index < -0.39 is 0 Å². The third-order valence-electron chi connectivity index (χ3n) is 10.1. The van der Waals surface area contributed by atoms with Gasteiger partial charge in [0.1, 0.15) is 11.2 Å². The van der Waals surface area contributed by atoms with Crippen molar-refractivity contribution < 1.29 is 4.42 Å². The molecule has 0 N–H and O–H groups in total. The molecule has 0 aliphatic carbocycles. The molecule has 0 fully saturated rings. The van der Waals surface area contributed by atoms with Crippen molar-refractivity contribution in [3.63, 3.8) is 0 Å². The monoisotopic (exact) mass is 676 g/mol. The number of fused-ring (bicyclic) bond motifs is 4. The van der Waals surface area contributed by atoms with Crippen LogP contribution >= 0.6 is 0 Å². The largest absolute Gasteiger partial charge is 0.455 e. The van der Waals surface area contributed by atoms with Crippen LogP contribution in [0.2, 0.25) is 0 Å². The molecule has 0 radical (unpaired) electrons. The molecule has 0 spiro atoms. The van der Waals surface area contributed by atoms with E-state index in [-0.39, 0.29) is 0 Å². The summed E-state index contributed by atoms with van der Waals surface area (Å²) in [5.74, 6) is 0.679. The first-order valence-electron chi connectivity index (χ1n) is 17.9. The van der Waals surface area contributed by atoms with Gasteiger partial charge in [0.2, 0.25) is 0 Å². The number of benzene rings is 8. The minimum Gasteiger partial charge on any atom is -0.455 e. The molecule has 53 heavy (non-hydrogen) atoms. The normalized spacial score (nSPS) is 11.4. The van der Waals surface area contributed by atoms with Gasteiger partial charge >= 0.3 is 0 Å². The molecule has 248 valence electrons. The first kappa shape index (κ1) is 30.7. The Morgan fingerprint density at radius 2 is 0.906 bits per heavy atom. The zero-order chi connectivity index (χ0) is 35.1. The molecule has 3 heteroatoms. The molecule has 0 bridgehead atoms. The molecular weight excluding hydrogens is 645 g/mol. The maximum atomic E-state index is 6.56. The smallest absolute Gasteiger partial charge is 0.160 e. The maximum Gasteiger partial charge on any atom is 0.160 e. The molecule has 3 nitrogen and oxygen atoms in total. The molecule has 0 aliphatic rings. The van der Waals surface area contributed by atoms with Gasteiger partial charge in [0.25, 0.3) is 0 Å². The molecule has 2 heterocycles. The summed E-state index contributed by atoms with van der Waals surface area (Å²) in [5, 5.41) is 4.63. The van der Waals surface area contributed by atoms with Crippen molar-refractivity contribution in [2.45, 2.75) is 0 Å². The van der Waals surface area contributed by atoms with Gasteiger partial charge in [-0.3, -0.25) is 0 Å². The number of hydrogen-bond donors (Lipinski definition) is 0. The first-order valence-corrected chi connectivity index (χ1v) is 17.9. The van der Waals surface area contributed by atoms with Gasteiger partial charge in [0.15, 0.2) is 5.82 Å². The third kappa shape index (κ3) is 5.75. The quantitative estimate of drug-likeness (QED) is 0.176. The van der Waals surface area contributed by atoms with E-state index in [9.17, 15) is 0 Å². The Balaban J connectivity index is 1.19. The van der Waals surface area contributed by atoms with Crippen molar-refractivity contribution in [2.24, 2.45) is 0 Å². The van der Waals surface area contributed by atoms with Crippen LogP contribution in [0.5, 0.6) is 0 Å². The van der Waals surface area contributed by atoms with E-state index in [4.69, 9.17) is 14.4 Å². The fourth-order valence-corrected chi connectivity index (χ4v) is 7.36. The molecule has 0 unspecified atom stereocenters. The van der Waals surface area contributed by atoms with E-state index in [1.54, 1.807) is 0 Å². The second-order valence-corrected chi connectivity index (χ2v) is 13.4. The van der Waals surface area contributed by atoms with E-state index in [2.05, 4.69) is 170 Å². The second kappa shape index (κ2) is 12.9. The zero-order valence-corrected chi connectivity index (χ0v) is 28.8. The van der Waals surface area contributed by atoms with Gasteiger partial charge in [-0.15, -0.1) is 0 Å². The Labute approximate surface area is 307 Å². The Morgan fingerprint density at radius 3 is 1.72 bits per heavy atom. The van der Waals surface area contributed by atoms with Crippen molar-refractivity contribution in [2.75, 3.05) is 0 Å². The Kier molecular flexibility index (Phi) is 7.47. The van der Waals surface area contributed by atoms with E-state index >= 15 is 0 Å². The van der Waals surface area contributed by atoms with Gasteiger partial charge in [0.05, 0.1) is 11.4 Å². The predicted octanol–water partition coefficient (Wildman–Crippen LogP) is 13.5. The molecule has 10 rings (SSSR count). The van der Waals surface area contributed by atoms with E-state index in [1.807, 2.05) is 24.3 Å². The molecule has 0 saturated carbocycles. The number of furan rings is 1. The van der Waals surface area contributed by atoms with Crippen LogP contribution in [0.4, 0.5) is 0 Å². The van der Waals surface area contributed by atoms with Crippen molar-refractivity contribution in [3.8, 4) is 67.3 Å². The number of nitrogens with zero attached hydrogens (tertiary/aromatic N) is 2. The van der Waals surface area contributed by atoms with Gasteiger partial charge in [-0.1, -0.05) is 158 Å². The van der Waals surface area contributed by atoms with Gasteiger partial charge in [-0.2, -0.15) is 0 Å². The van der Waals surface area contributed by atoms with Gasteiger partial charge in [-0.05, 0) is 75.0 Å². The summed E-state index contributed by atoms with van der Waals surface area (Å²) in [5.41, 5.74) is 13.1. The fraction of sp³-hybridized carbons (Fsp3) is 0. The highest BCUT2D eigenvalue weighted by molar-refractivity contribution is 6.10. The zero-order valence-electron chi connectivity index (χ0n) is 28.8. The minimum atomic E-state index is 0.679. The molecule has 8 aromatic carbocycles. The van der Waals surface area contributed by atoms with Gasteiger partial charge < -0.3 is 4.42 Å². The Hall–Kier alpha value is -7.10. The lowest BCUT2D eigenvalue weighted by Gasteiger charge is -2.14. The summed E-state index contributed by atoms with van der Waals surface area (Å²) in [4.78, 5) is 10.4. The van der Waals surface area contributed by atoms with Crippen LogP contribution < -0.4 is 0 Å². The van der Waals surface area contributed by atoms with Crippen LogP contribution in [-0.4, -0.2) is 9.97 Å². The highest BCUT2D eigenvalue weighted by Gasteiger charge is 2.17. The third-order valence-corrected chi connectivity index (χ3v) is 10.1. The van der Waals surface area contributed by atoms with E-state index in [1.165, 1.54) is 16.3 Å². The van der Waals surface area contributed by atoms with Crippen molar-refractivity contribution in [1.82, 2.24) is 9.97 Å². The second-order valence-electron chi connectivity index (χ2n) is 13.4. The highest BCUT2D eigenvalue weighted by atomic mass is 16.3. The van der Waals surface area contributed by atoms with Crippen molar-refractivity contribution in [1.29, 1.82) is 0 Å². The lowest BCUT2D eigenvalue weighted by atomic mass is 9.93. The minimum absolute atomic E-state index is 0.679. The fourth-order valence-electron chi connectivity index (χ4n) is 7.36. The molecule has 0 amide bonds. The Bertz CT molecular complexity index is 2930. The van der Waals surface area contributed by atoms with Crippen LogP contribution in [0.15, 0.2) is 199 Å². The van der Waals surface area contributed by atoms with Crippen LogP contribution in [0.1, 0.15) is 0 Å². The molecule has 2 aromatic heterocycles. The van der Waals surface area contributed by atoms with Crippen LogP contribution in [0.3, 0.4) is 0 Å². The molecule has 0 aliphatic heterocycles. The number of hydrogen-bond acceptors (Lipinski definition) is 3. The summed E-state index contributed by atoms with van der Waals surface area (Å²) >= 11 is 0. The van der Waals surface area contributed by atoms with E-state index in [0.717, 1.165) is 77.8 Å². The lowest BCUT2D eigenvalue weighted by Crippen LogP contribution is -1.97. The van der Waals surface area contributed by atoms with Gasteiger partial charge in [-0.25, -0.2) is 9.97 Å². The Morgan fingerprint density at radius 1 is 0.321 bits per heavy atom. The summed E-state index contributed by atoms with van der Waals surface area (Å²) in [6, 6.07) is 68.1. The summed E-state index contributed by atoms with van der Waals surface area (Å²) < 4.78 is 6.56. The SMILES string of the molecule is c1ccc(-c2ccc(-c3nc(-c4ccccc4)cc(-c4cc(-c5ccc6ccccc6c5)cc(-c5cccc6c5oc5ccccc56)c4)n3)cc2)cc1. The lowest BCUT2D eigenvalue weighted by molar-refractivity contribution is 0.670. The molecule has 10 aromatic rings. The summed E-state index contributed by atoms with van der Waals surface area (Å²) in [6.07, 6.45) is 0. The van der Waals surface area contributed by atoms with E-state index in [0.29, 0.717) is 5.82 Å². The van der Waals surface area contributed by atoms with Gasteiger partial charge in [0, 0.05) is 33.0 Å². The van der Waals surface area contributed by atoms with Crippen LogP contribution in [0.25, 0.3) is 100.0 Å². The summed E-state index contributed by atoms with van der Waals surface area (Å²) in [6.45, 7) is 0.